The van der Waals surface area contributed by atoms with Gasteiger partial charge < -0.3 is 0 Å². The van der Waals surface area contributed by atoms with E-state index in [-0.39, 0.29) is 11.3 Å². The molecule has 6 aromatic carbocycles. The van der Waals surface area contributed by atoms with Crippen LogP contribution in [0.15, 0.2) is 121 Å². The van der Waals surface area contributed by atoms with Crippen molar-refractivity contribution in [2.75, 3.05) is 0 Å². The van der Waals surface area contributed by atoms with Crippen LogP contribution in [-0.4, -0.2) is 0 Å². The fourth-order valence-corrected chi connectivity index (χ4v) is 9.33. The van der Waals surface area contributed by atoms with E-state index >= 15 is 0 Å². The van der Waals surface area contributed by atoms with E-state index in [9.17, 15) is 5.26 Å². The number of rotatable bonds is 2. The summed E-state index contributed by atoms with van der Waals surface area (Å²) in [5, 5.41) is 13.0. The van der Waals surface area contributed by atoms with E-state index < -0.39 is 0 Å². The molecule has 7 aromatic rings. The lowest BCUT2D eigenvalue weighted by atomic mass is 9.81. The zero-order valence-corrected chi connectivity index (χ0v) is 24.8. The second-order valence-corrected chi connectivity index (χ2v) is 13.4. The topological polar surface area (TPSA) is 23.8 Å². The second-order valence-electron chi connectivity index (χ2n) is 12.3. The van der Waals surface area contributed by atoms with E-state index in [1.807, 2.05) is 23.5 Å². The summed E-state index contributed by atoms with van der Waals surface area (Å²) in [5.41, 5.74) is 14.7. The molecule has 0 atom stereocenters. The third-order valence-corrected chi connectivity index (χ3v) is 11.0. The quantitative estimate of drug-likeness (QED) is 0.204. The van der Waals surface area contributed by atoms with Gasteiger partial charge in [0.25, 0.3) is 0 Å². The number of thiophene rings is 1. The van der Waals surface area contributed by atoms with Crippen molar-refractivity contribution in [3.8, 4) is 39.4 Å². The Kier molecular flexibility index (Phi) is 5.02. The zero-order chi connectivity index (χ0) is 28.9. The molecule has 1 aromatic heterocycles. The number of hydrogen-bond donors (Lipinski definition) is 0. The zero-order valence-electron chi connectivity index (χ0n) is 24.0. The van der Waals surface area contributed by atoms with Gasteiger partial charge in [-0.2, -0.15) is 5.26 Å². The van der Waals surface area contributed by atoms with Gasteiger partial charge >= 0.3 is 0 Å². The van der Waals surface area contributed by atoms with E-state index in [1.54, 1.807) is 0 Å². The number of fused-ring (bicyclic) bond motifs is 10. The highest BCUT2D eigenvalue weighted by Crippen LogP contribution is 2.55. The molecule has 0 unspecified atom stereocenters. The molecule has 0 radical (unpaired) electrons. The largest absolute Gasteiger partial charge is 0.192 e. The van der Waals surface area contributed by atoms with E-state index in [1.165, 1.54) is 64.7 Å². The van der Waals surface area contributed by atoms with Crippen molar-refractivity contribution in [1.29, 1.82) is 5.26 Å². The molecule has 43 heavy (non-hydrogen) atoms. The fourth-order valence-electron chi connectivity index (χ4n) is 7.94. The summed E-state index contributed by atoms with van der Waals surface area (Å²) in [7, 11) is 0. The van der Waals surface area contributed by atoms with Crippen LogP contribution < -0.4 is 0 Å². The molecule has 0 amide bonds. The average molecular weight is 566 g/mol. The highest BCUT2D eigenvalue weighted by atomic mass is 32.1. The summed E-state index contributed by atoms with van der Waals surface area (Å²) in [6.07, 6.45) is 0. The third-order valence-electron chi connectivity index (χ3n) is 9.82. The number of benzene rings is 6. The van der Waals surface area contributed by atoms with Gasteiger partial charge in [0.2, 0.25) is 0 Å². The van der Waals surface area contributed by atoms with Gasteiger partial charge in [0.15, 0.2) is 0 Å². The van der Waals surface area contributed by atoms with E-state index in [0.717, 1.165) is 22.3 Å². The lowest BCUT2D eigenvalue weighted by Gasteiger charge is -2.22. The average Bonchev–Trinajstić information content (AvgIpc) is 3.66. The third kappa shape index (κ3) is 3.26. The SMILES string of the molecule is CC1(C)c2ccccc2-c2ccc3c(sc4ccc(-c5cccc(C#N)c5C5c6ccccc6-c6ccccc65)cc43)c21. The van der Waals surface area contributed by atoms with Crippen molar-refractivity contribution in [2.45, 2.75) is 25.2 Å². The van der Waals surface area contributed by atoms with Crippen LogP contribution in [0.5, 0.6) is 0 Å². The van der Waals surface area contributed by atoms with Crippen LogP contribution in [-0.2, 0) is 5.41 Å². The van der Waals surface area contributed by atoms with Gasteiger partial charge in [-0.15, -0.1) is 11.3 Å². The second kappa shape index (κ2) is 8.77. The van der Waals surface area contributed by atoms with Crippen LogP contribution in [0.3, 0.4) is 0 Å². The normalized spacial score (nSPS) is 14.3. The molecule has 0 saturated carbocycles. The lowest BCUT2D eigenvalue weighted by Crippen LogP contribution is -2.14. The molecular weight excluding hydrogens is 539 g/mol. The summed E-state index contributed by atoms with van der Waals surface area (Å²) in [5.74, 6) is 0.00994. The fraction of sp³-hybridized carbons (Fsp3) is 0.0976. The first-order valence-electron chi connectivity index (χ1n) is 14.9. The Morgan fingerprint density at radius 3 is 2.05 bits per heavy atom. The number of nitrogens with zero attached hydrogens (tertiary/aromatic N) is 1. The molecule has 0 spiro atoms. The van der Waals surface area contributed by atoms with Crippen LogP contribution in [0.4, 0.5) is 0 Å². The lowest BCUT2D eigenvalue weighted by molar-refractivity contribution is 0.667. The summed E-state index contributed by atoms with van der Waals surface area (Å²) >= 11 is 1.91. The molecule has 2 aliphatic carbocycles. The molecule has 9 rings (SSSR count). The van der Waals surface area contributed by atoms with E-state index in [2.05, 4.69) is 129 Å². The highest BCUT2D eigenvalue weighted by Gasteiger charge is 2.37. The van der Waals surface area contributed by atoms with Gasteiger partial charge in [0, 0.05) is 31.5 Å². The van der Waals surface area contributed by atoms with Crippen LogP contribution >= 0.6 is 11.3 Å². The smallest absolute Gasteiger partial charge is 0.0995 e. The van der Waals surface area contributed by atoms with Crippen molar-refractivity contribution in [3.05, 3.63) is 155 Å². The summed E-state index contributed by atoms with van der Waals surface area (Å²) in [6.45, 7) is 4.73. The molecule has 1 nitrogen and oxygen atoms in total. The van der Waals surface area contributed by atoms with Crippen LogP contribution in [0.1, 0.15) is 53.1 Å². The standard InChI is InChI=1S/C41H27NS/c1-41(2)35-17-8-7-13-29(35)32-19-20-33-34-22-24(18-21-36(34)43-40(33)39(32)41)26-16-9-10-25(23-42)37(26)38-30-14-5-3-11-27(30)28-12-4-6-15-31(28)38/h3-22,38H,1-2H3. The predicted molar refractivity (Wildman–Crippen MR) is 180 cm³/mol. The Hall–Kier alpha value is -4.97. The molecule has 0 N–H and O–H groups in total. The maximum absolute atomic E-state index is 10.4. The first kappa shape index (κ1) is 24.6. The first-order valence-corrected chi connectivity index (χ1v) is 15.7. The van der Waals surface area contributed by atoms with Gasteiger partial charge in [-0.05, 0) is 79.4 Å². The molecule has 0 aliphatic heterocycles. The van der Waals surface area contributed by atoms with Crippen molar-refractivity contribution in [2.24, 2.45) is 0 Å². The van der Waals surface area contributed by atoms with Crippen molar-refractivity contribution < 1.29 is 0 Å². The minimum atomic E-state index is -0.0489. The van der Waals surface area contributed by atoms with E-state index in [4.69, 9.17) is 0 Å². The Morgan fingerprint density at radius 2 is 1.30 bits per heavy atom. The number of nitriles is 1. The summed E-state index contributed by atoms with van der Waals surface area (Å²) in [6, 6.07) is 46.5. The Morgan fingerprint density at radius 1 is 0.628 bits per heavy atom. The summed E-state index contributed by atoms with van der Waals surface area (Å²) < 4.78 is 2.68. The van der Waals surface area contributed by atoms with Crippen molar-refractivity contribution in [1.82, 2.24) is 0 Å². The van der Waals surface area contributed by atoms with Gasteiger partial charge in [-0.25, -0.2) is 0 Å². The van der Waals surface area contributed by atoms with Crippen LogP contribution in [0.2, 0.25) is 0 Å². The van der Waals surface area contributed by atoms with Crippen molar-refractivity contribution in [3.63, 3.8) is 0 Å². The molecular formula is C41H27NS. The summed E-state index contributed by atoms with van der Waals surface area (Å²) in [4.78, 5) is 0. The van der Waals surface area contributed by atoms with Gasteiger partial charge in [0.1, 0.15) is 0 Å². The predicted octanol–water partition coefficient (Wildman–Crippen LogP) is 11.1. The highest BCUT2D eigenvalue weighted by molar-refractivity contribution is 7.26. The minimum Gasteiger partial charge on any atom is -0.192 e. The molecule has 0 bridgehead atoms. The van der Waals surface area contributed by atoms with Gasteiger partial charge in [-0.1, -0.05) is 117 Å². The minimum absolute atomic E-state index is 0.00994. The first-order chi connectivity index (χ1) is 21.1. The van der Waals surface area contributed by atoms with Crippen LogP contribution in [0.25, 0.3) is 53.6 Å². The Balaban J connectivity index is 1.28. The monoisotopic (exact) mass is 565 g/mol. The molecule has 2 aliphatic rings. The molecule has 0 saturated heterocycles. The Bertz CT molecular complexity index is 2300. The molecule has 0 fully saturated rings. The molecule has 202 valence electrons. The maximum atomic E-state index is 10.4. The van der Waals surface area contributed by atoms with E-state index in [0.29, 0.717) is 0 Å². The van der Waals surface area contributed by atoms with Gasteiger partial charge in [0.05, 0.1) is 11.6 Å². The molecule has 2 heteroatoms. The molecule has 1 heterocycles. The number of hydrogen-bond acceptors (Lipinski definition) is 2. The van der Waals surface area contributed by atoms with Crippen molar-refractivity contribution >= 4 is 31.5 Å². The Labute approximate surface area is 255 Å². The van der Waals surface area contributed by atoms with Crippen LogP contribution in [0, 0.1) is 11.3 Å². The van der Waals surface area contributed by atoms with Gasteiger partial charge in [-0.3, -0.25) is 0 Å². The maximum Gasteiger partial charge on any atom is 0.0995 e.